The Bertz CT molecular complexity index is 1970. The number of aromatic nitrogens is 2. The lowest BCUT2D eigenvalue weighted by Crippen LogP contribution is -2.58. The van der Waals surface area contributed by atoms with E-state index in [0.29, 0.717) is 43.6 Å². The van der Waals surface area contributed by atoms with Crippen molar-refractivity contribution in [3.05, 3.63) is 53.1 Å². The highest BCUT2D eigenvalue weighted by atomic mass is 35.5. The van der Waals surface area contributed by atoms with E-state index < -0.39 is 28.5 Å². The maximum atomic E-state index is 16.9. The normalized spacial score (nSPS) is 27.8. The molecule has 49 heavy (non-hydrogen) atoms. The maximum Gasteiger partial charge on any atom is 0.319 e. The number of nitrogens with one attached hydrogen (secondary N) is 1. The van der Waals surface area contributed by atoms with Gasteiger partial charge < -0.3 is 29.7 Å². The fourth-order valence-electron chi connectivity index (χ4n) is 8.39. The summed E-state index contributed by atoms with van der Waals surface area (Å²) < 4.78 is 74.5. The van der Waals surface area contributed by atoms with Gasteiger partial charge in [0.15, 0.2) is 5.82 Å². The Balaban J connectivity index is 1.21. The molecule has 3 saturated heterocycles. The number of phenolic OH excluding ortho intramolecular Hbond substituents is 1. The predicted molar refractivity (Wildman–Crippen MR) is 180 cm³/mol. The molecule has 0 amide bonds. The summed E-state index contributed by atoms with van der Waals surface area (Å²) in [4.78, 5) is 13.1. The van der Waals surface area contributed by atoms with Crippen molar-refractivity contribution in [2.75, 3.05) is 57.9 Å². The first-order chi connectivity index (χ1) is 23.4. The van der Waals surface area contributed by atoms with Crippen molar-refractivity contribution in [1.29, 1.82) is 0 Å². The number of methoxy groups -OCH3 is 1. The first-order valence-electron chi connectivity index (χ1n) is 16.7. The summed E-state index contributed by atoms with van der Waals surface area (Å²) in [6, 6.07) is 8.82. The Labute approximate surface area is 286 Å². The van der Waals surface area contributed by atoms with E-state index in [1.807, 2.05) is 9.80 Å². The van der Waals surface area contributed by atoms with Crippen molar-refractivity contribution in [3.63, 3.8) is 0 Å². The second-order valence-electron chi connectivity index (χ2n) is 14.7. The Morgan fingerprint density at radius 2 is 1.94 bits per heavy atom. The Morgan fingerprint density at radius 3 is 2.69 bits per heavy atom. The minimum atomic E-state index is -2.93. The number of benzene rings is 3. The number of alkyl halides is 2. The van der Waals surface area contributed by atoms with Crippen LogP contribution >= 0.6 is 11.6 Å². The average molecular weight is 700 g/mol. The van der Waals surface area contributed by atoms with Crippen molar-refractivity contribution in [1.82, 2.24) is 20.2 Å². The number of hydrogen-bond donors (Lipinski definition) is 2. The molecule has 4 fully saturated rings. The second kappa shape index (κ2) is 11.8. The van der Waals surface area contributed by atoms with Crippen LogP contribution in [-0.2, 0) is 4.74 Å². The molecule has 2 unspecified atom stereocenters. The van der Waals surface area contributed by atoms with Gasteiger partial charge in [-0.15, -0.1) is 0 Å². The van der Waals surface area contributed by atoms with Crippen LogP contribution in [0, 0.1) is 23.0 Å². The van der Waals surface area contributed by atoms with Gasteiger partial charge in [-0.25, -0.2) is 17.6 Å². The van der Waals surface area contributed by atoms with Crippen molar-refractivity contribution in [2.24, 2.45) is 11.3 Å². The number of rotatable bonds is 9. The third kappa shape index (κ3) is 5.74. The van der Waals surface area contributed by atoms with Crippen molar-refractivity contribution < 1.29 is 32.1 Å². The van der Waals surface area contributed by atoms with Gasteiger partial charge in [-0.1, -0.05) is 23.7 Å². The lowest BCUT2D eigenvalue weighted by Gasteiger charge is -2.40. The molecular formula is C36H38ClF4N5O3. The number of likely N-dealkylation sites (tertiary alicyclic amines) is 1. The molecular weight excluding hydrogens is 662 g/mol. The summed E-state index contributed by atoms with van der Waals surface area (Å²) in [5.74, 6) is -4.44. The summed E-state index contributed by atoms with van der Waals surface area (Å²) in [5, 5.41) is 15.4. The van der Waals surface area contributed by atoms with Gasteiger partial charge in [0.05, 0.1) is 17.6 Å². The number of halogens is 5. The molecule has 13 heteroatoms. The van der Waals surface area contributed by atoms with Crippen LogP contribution in [0.3, 0.4) is 0 Å². The molecule has 8 nitrogen and oxygen atoms in total. The Kier molecular flexibility index (Phi) is 7.90. The lowest BCUT2D eigenvalue weighted by molar-refractivity contribution is 0.0243. The van der Waals surface area contributed by atoms with Crippen LogP contribution in [0.2, 0.25) is 5.02 Å². The molecule has 3 aromatic carbocycles. The van der Waals surface area contributed by atoms with Crippen LogP contribution in [0.1, 0.15) is 32.6 Å². The number of nitrogens with zero attached hydrogens (tertiary/aromatic N) is 4. The van der Waals surface area contributed by atoms with Gasteiger partial charge in [0.2, 0.25) is 0 Å². The molecule has 1 saturated carbocycles. The summed E-state index contributed by atoms with van der Waals surface area (Å²) in [5.41, 5.74) is -2.24. The highest BCUT2D eigenvalue weighted by Gasteiger charge is 2.72. The van der Waals surface area contributed by atoms with E-state index in [9.17, 15) is 5.11 Å². The predicted octanol–water partition coefficient (Wildman–Crippen LogP) is 6.79. The highest BCUT2D eigenvalue weighted by molar-refractivity contribution is 6.36. The number of aromatic hydroxyl groups is 1. The minimum absolute atomic E-state index is 0.0572. The largest absolute Gasteiger partial charge is 0.508 e. The number of fused-ring (bicyclic) bond motifs is 4. The molecule has 3 aliphatic heterocycles. The highest BCUT2D eigenvalue weighted by Crippen LogP contribution is 2.61. The van der Waals surface area contributed by atoms with E-state index in [2.05, 4.69) is 22.2 Å². The number of phenols is 1. The van der Waals surface area contributed by atoms with Gasteiger partial charge in [-0.05, 0) is 68.3 Å². The second-order valence-corrected chi connectivity index (χ2v) is 15.1. The van der Waals surface area contributed by atoms with Crippen LogP contribution in [0.15, 0.2) is 36.4 Å². The zero-order valence-electron chi connectivity index (χ0n) is 27.3. The standard InChI is InChI=1S/C36H38ClF4N5O3/c1-34-8-6-22(44-34)14-46(17-34)32-25-12-27(38)29(24-11-23(47)10-21-4-3-5-26(37)28(21)24)30(39)31(25)42-33(43-32)49-19-35(16-36(35,40)41)18-45-9-7-20(13-45)15-48-2/h3-5,10-12,20,22,44,47H,6-9,13-19H2,1-2H3/t20?,22?,34-,35+/m0/s1. The third-order valence-electron chi connectivity index (χ3n) is 10.9. The van der Waals surface area contributed by atoms with Gasteiger partial charge in [0, 0.05) is 72.6 Å². The van der Waals surface area contributed by atoms with Crippen molar-refractivity contribution >= 4 is 39.1 Å². The molecule has 2 N–H and O–H groups in total. The molecule has 4 heterocycles. The Morgan fingerprint density at radius 1 is 1.12 bits per heavy atom. The molecule has 4 aromatic rings. The van der Waals surface area contributed by atoms with Gasteiger partial charge in [0.1, 0.15) is 29.5 Å². The molecule has 8 rings (SSSR count). The van der Waals surface area contributed by atoms with E-state index >= 15 is 17.6 Å². The lowest BCUT2D eigenvalue weighted by atomic mass is 9.95. The van der Waals surface area contributed by atoms with E-state index in [1.165, 1.54) is 18.2 Å². The monoisotopic (exact) mass is 699 g/mol. The van der Waals surface area contributed by atoms with Crippen LogP contribution in [0.25, 0.3) is 32.8 Å². The zero-order chi connectivity index (χ0) is 34.3. The maximum absolute atomic E-state index is 16.9. The molecule has 4 aliphatic rings. The van der Waals surface area contributed by atoms with Crippen molar-refractivity contribution in [3.8, 4) is 22.9 Å². The molecule has 2 bridgehead atoms. The summed E-state index contributed by atoms with van der Waals surface area (Å²) in [6.45, 7) is 4.88. The summed E-state index contributed by atoms with van der Waals surface area (Å²) in [6.07, 6.45) is 2.41. The molecule has 0 radical (unpaired) electrons. The molecule has 4 atom stereocenters. The fourth-order valence-corrected chi connectivity index (χ4v) is 8.68. The molecule has 1 aromatic heterocycles. The van der Waals surface area contributed by atoms with E-state index in [4.69, 9.17) is 21.1 Å². The zero-order valence-corrected chi connectivity index (χ0v) is 28.1. The topological polar surface area (TPSA) is 83.0 Å². The first-order valence-corrected chi connectivity index (χ1v) is 17.1. The van der Waals surface area contributed by atoms with Gasteiger partial charge in [0.25, 0.3) is 5.92 Å². The molecule has 1 aliphatic carbocycles. The minimum Gasteiger partial charge on any atom is -0.508 e. The van der Waals surface area contributed by atoms with E-state index in [0.717, 1.165) is 19.3 Å². The van der Waals surface area contributed by atoms with Gasteiger partial charge >= 0.3 is 6.01 Å². The quantitative estimate of drug-likeness (QED) is 0.185. The summed E-state index contributed by atoms with van der Waals surface area (Å²) >= 11 is 6.53. The average Bonchev–Trinajstić information content (AvgIpc) is 3.27. The summed E-state index contributed by atoms with van der Waals surface area (Å²) in [7, 11) is 1.64. The van der Waals surface area contributed by atoms with Crippen molar-refractivity contribution in [2.45, 2.75) is 50.1 Å². The Hall–Kier alpha value is -3.45. The number of piperazine rings is 1. The van der Waals surface area contributed by atoms with E-state index in [-0.39, 0.29) is 76.1 Å². The van der Waals surface area contributed by atoms with Crippen LogP contribution < -0.4 is 15.0 Å². The van der Waals surface area contributed by atoms with Gasteiger partial charge in [-0.3, -0.25) is 0 Å². The molecule has 0 spiro atoms. The SMILES string of the molecule is COCC1CCN(C[C@@]2(COc3nc(N4CC5CC[C@@](C)(C4)N5)c4cc(F)c(-c5cc(O)cc6cccc(Cl)c56)c(F)c4n3)CC2(F)F)C1. The van der Waals surface area contributed by atoms with Gasteiger partial charge in [-0.2, -0.15) is 9.97 Å². The first kappa shape index (κ1) is 32.7. The molecule has 260 valence electrons. The number of hydrogen-bond acceptors (Lipinski definition) is 8. The van der Waals surface area contributed by atoms with E-state index in [1.54, 1.807) is 25.3 Å². The number of ether oxygens (including phenoxy) is 2. The fraction of sp³-hybridized carbons (Fsp3) is 0.500. The van der Waals surface area contributed by atoms with Crippen LogP contribution in [0.4, 0.5) is 23.4 Å². The van der Waals surface area contributed by atoms with Crippen LogP contribution in [0.5, 0.6) is 11.8 Å². The van der Waals surface area contributed by atoms with Crippen LogP contribution in [-0.4, -0.2) is 90.5 Å². The number of anilines is 1. The third-order valence-corrected chi connectivity index (χ3v) is 11.2. The smallest absolute Gasteiger partial charge is 0.319 e.